The van der Waals surface area contributed by atoms with E-state index in [0.717, 1.165) is 61.5 Å². The van der Waals surface area contributed by atoms with Crippen molar-refractivity contribution in [2.75, 3.05) is 49.3 Å². The molecule has 0 unspecified atom stereocenters. The molecule has 7 nitrogen and oxygen atoms in total. The molecule has 0 bridgehead atoms. The summed E-state index contributed by atoms with van der Waals surface area (Å²) >= 11 is 5.38. The van der Waals surface area contributed by atoms with Crippen molar-refractivity contribution in [2.24, 2.45) is 0 Å². The van der Waals surface area contributed by atoms with Crippen LogP contribution in [0.15, 0.2) is 22.7 Å². The Hall–Kier alpha value is -1.45. The lowest BCUT2D eigenvalue weighted by molar-refractivity contribution is -0.134. The van der Waals surface area contributed by atoms with Crippen LogP contribution in [0.5, 0.6) is 0 Å². The zero-order valence-electron chi connectivity index (χ0n) is 21.0. The minimum atomic E-state index is -0.577. The highest BCUT2D eigenvalue weighted by atomic mass is 79.9. The number of anilines is 1. The molecule has 9 heteroatoms. The van der Waals surface area contributed by atoms with Gasteiger partial charge < -0.3 is 14.5 Å². The van der Waals surface area contributed by atoms with Gasteiger partial charge in [-0.05, 0) is 70.2 Å². The Morgan fingerprint density at radius 1 is 1.09 bits per heavy atom. The monoisotopic (exact) mass is 564 g/mol. The van der Waals surface area contributed by atoms with E-state index in [9.17, 15) is 9.59 Å². The third-order valence-corrected chi connectivity index (χ3v) is 9.14. The number of ether oxygens (including phenoxy) is 1. The van der Waals surface area contributed by atoms with Gasteiger partial charge in [0.05, 0.1) is 5.88 Å². The zero-order chi connectivity index (χ0) is 24.7. The molecule has 5 rings (SSSR count). The maximum Gasteiger partial charge on any atom is 0.411 e. The topological polar surface area (TPSA) is 56.3 Å². The number of amides is 2. The maximum absolute atomic E-state index is 13.4. The van der Waals surface area contributed by atoms with Crippen LogP contribution in [0.2, 0.25) is 0 Å². The molecular formula is C26H37BrN4O3S. The Bertz CT molecular complexity index is 956. The standard InChI is InChI=1S/C26H37BrN4O3S/c1-26(2,3)34-25(33)31-16-21(15-23(31)24(32)29-12-13-35-17-29)28-9-7-20(8-10-28)30-11-6-18-14-19(27)4-5-22(18)30/h4-5,14,20-21,23H,6-13,15-17H2,1-3H3/t21-,23-/m0/s1. The molecule has 4 heterocycles. The van der Waals surface area contributed by atoms with Gasteiger partial charge in [-0.15, -0.1) is 11.8 Å². The molecule has 3 saturated heterocycles. The van der Waals surface area contributed by atoms with E-state index in [0.29, 0.717) is 19.0 Å². The van der Waals surface area contributed by atoms with E-state index < -0.39 is 11.6 Å². The van der Waals surface area contributed by atoms with Crippen LogP contribution in [0.4, 0.5) is 10.5 Å². The molecule has 0 radical (unpaired) electrons. The number of fused-ring (bicyclic) bond motifs is 1. The van der Waals surface area contributed by atoms with Crippen LogP contribution in [0.25, 0.3) is 0 Å². The molecule has 0 spiro atoms. The fourth-order valence-electron chi connectivity index (χ4n) is 5.97. The van der Waals surface area contributed by atoms with Crippen molar-refractivity contribution in [3.63, 3.8) is 0 Å². The fraction of sp³-hybridized carbons (Fsp3) is 0.692. The number of halogens is 1. The lowest BCUT2D eigenvalue weighted by Crippen LogP contribution is -2.49. The summed E-state index contributed by atoms with van der Waals surface area (Å²) in [5, 5.41) is 0. The quantitative estimate of drug-likeness (QED) is 0.548. The smallest absolute Gasteiger partial charge is 0.411 e. The van der Waals surface area contributed by atoms with E-state index in [1.165, 1.54) is 11.3 Å². The van der Waals surface area contributed by atoms with Crippen molar-refractivity contribution in [1.82, 2.24) is 14.7 Å². The third-order valence-electron chi connectivity index (χ3n) is 7.69. The molecule has 4 aliphatic heterocycles. The number of hydrogen-bond donors (Lipinski definition) is 0. The maximum atomic E-state index is 13.4. The predicted molar refractivity (Wildman–Crippen MR) is 144 cm³/mol. The molecule has 2 amide bonds. The number of likely N-dealkylation sites (tertiary alicyclic amines) is 2. The normalized spacial score (nSPS) is 25.9. The summed E-state index contributed by atoms with van der Waals surface area (Å²) in [6.07, 6.45) is 3.67. The van der Waals surface area contributed by atoms with Gasteiger partial charge in [-0.3, -0.25) is 14.6 Å². The van der Waals surface area contributed by atoms with Gasteiger partial charge in [0.1, 0.15) is 11.6 Å². The molecular weight excluding hydrogens is 528 g/mol. The van der Waals surface area contributed by atoms with Gasteiger partial charge in [-0.2, -0.15) is 0 Å². The second-order valence-corrected chi connectivity index (χ2v) is 13.2. The number of nitrogens with zero attached hydrogens (tertiary/aromatic N) is 4. The van der Waals surface area contributed by atoms with E-state index in [1.54, 1.807) is 16.7 Å². The van der Waals surface area contributed by atoms with Crippen molar-refractivity contribution in [2.45, 2.75) is 70.2 Å². The summed E-state index contributed by atoms with van der Waals surface area (Å²) in [7, 11) is 0. The second kappa shape index (κ2) is 10.1. The van der Waals surface area contributed by atoms with Crippen molar-refractivity contribution in [3.05, 3.63) is 28.2 Å². The van der Waals surface area contributed by atoms with E-state index in [2.05, 4.69) is 43.9 Å². The molecule has 2 atom stereocenters. The minimum absolute atomic E-state index is 0.0816. The summed E-state index contributed by atoms with van der Waals surface area (Å²) < 4.78 is 6.86. The van der Waals surface area contributed by atoms with Gasteiger partial charge in [0.25, 0.3) is 0 Å². The lowest BCUT2D eigenvalue weighted by Gasteiger charge is -2.40. The first-order valence-corrected chi connectivity index (χ1v) is 14.8. The van der Waals surface area contributed by atoms with Gasteiger partial charge in [0.15, 0.2) is 0 Å². The van der Waals surface area contributed by atoms with Crippen molar-refractivity contribution < 1.29 is 14.3 Å². The van der Waals surface area contributed by atoms with Crippen LogP contribution in [0.1, 0.15) is 45.6 Å². The zero-order valence-corrected chi connectivity index (χ0v) is 23.4. The average Bonchev–Trinajstić information content (AvgIpc) is 3.57. The highest BCUT2D eigenvalue weighted by Gasteiger charge is 2.46. The predicted octanol–water partition coefficient (Wildman–Crippen LogP) is 4.19. The molecule has 1 aromatic rings. The average molecular weight is 566 g/mol. The van der Waals surface area contributed by atoms with Gasteiger partial charge in [0, 0.05) is 60.7 Å². The molecule has 0 aromatic heterocycles. The summed E-state index contributed by atoms with van der Waals surface area (Å²) in [4.78, 5) is 35.2. The Morgan fingerprint density at radius 3 is 2.54 bits per heavy atom. The lowest BCUT2D eigenvalue weighted by atomic mass is 10.00. The molecule has 3 fully saturated rings. The summed E-state index contributed by atoms with van der Waals surface area (Å²) in [5.74, 6) is 1.78. The van der Waals surface area contributed by atoms with Crippen molar-refractivity contribution in [3.8, 4) is 0 Å². The van der Waals surface area contributed by atoms with E-state index in [1.807, 2.05) is 25.7 Å². The van der Waals surface area contributed by atoms with Gasteiger partial charge in [0.2, 0.25) is 5.91 Å². The number of piperidine rings is 1. The number of benzene rings is 1. The molecule has 0 saturated carbocycles. The van der Waals surface area contributed by atoms with Gasteiger partial charge in [-0.1, -0.05) is 15.9 Å². The van der Waals surface area contributed by atoms with Gasteiger partial charge >= 0.3 is 6.09 Å². The number of carbonyl (C=O) groups excluding carboxylic acids is 2. The van der Waals surface area contributed by atoms with Gasteiger partial charge in [-0.25, -0.2) is 4.79 Å². The highest BCUT2D eigenvalue weighted by Crippen LogP contribution is 2.36. The van der Waals surface area contributed by atoms with Crippen LogP contribution in [0, 0.1) is 0 Å². The van der Waals surface area contributed by atoms with Crippen LogP contribution in [-0.2, 0) is 16.0 Å². The van der Waals surface area contributed by atoms with E-state index >= 15 is 0 Å². The summed E-state index contributed by atoms with van der Waals surface area (Å²) in [5.41, 5.74) is 2.25. The first kappa shape index (κ1) is 25.2. The first-order chi connectivity index (χ1) is 16.7. The molecule has 35 heavy (non-hydrogen) atoms. The molecule has 4 aliphatic rings. The minimum Gasteiger partial charge on any atom is -0.444 e. The van der Waals surface area contributed by atoms with E-state index in [-0.39, 0.29) is 18.0 Å². The molecule has 0 N–H and O–H groups in total. The highest BCUT2D eigenvalue weighted by molar-refractivity contribution is 9.10. The first-order valence-electron chi connectivity index (χ1n) is 12.8. The number of thioether (sulfide) groups is 1. The van der Waals surface area contributed by atoms with Crippen LogP contribution in [-0.4, -0.2) is 94.8 Å². The molecule has 192 valence electrons. The van der Waals surface area contributed by atoms with Crippen LogP contribution >= 0.6 is 27.7 Å². The van der Waals surface area contributed by atoms with Crippen molar-refractivity contribution in [1.29, 1.82) is 0 Å². The second-order valence-electron chi connectivity index (χ2n) is 11.2. The van der Waals surface area contributed by atoms with E-state index in [4.69, 9.17) is 4.74 Å². The summed E-state index contributed by atoms with van der Waals surface area (Å²) in [6, 6.07) is 6.98. The Morgan fingerprint density at radius 2 is 1.86 bits per heavy atom. The Balaban J connectivity index is 1.24. The number of rotatable bonds is 3. The molecule has 1 aromatic carbocycles. The third kappa shape index (κ3) is 5.47. The Labute approximate surface area is 221 Å². The van der Waals surface area contributed by atoms with Crippen molar-refractivity contribution >= 4 is 45.4 Å². The summed E-state index contributed by atoms with van der Waals surface area (Å²) in [6.45, 7) is 10.1. The SMILES string of the molecule is CC(C)(C)OC(=O)N1C[C@@H](N2CCC(N3CCc4cc(Br)ccc43)CC2)C[C@H]1C(=O)N1CCSC1. The largest absolute Gasteiger partial charge is 0.444 e. The van der Waals surface area contributed by atoms with Crippen LogP contribution < -0.4 is 4.90 Å². The molecule has 0 aliphatic carbocycles. The fourth-order valence-corrected chi connectivity index (χ4v) is 7.33. The Kier molecular flexibility index (Phi) is 7.30. The number of hydrogen-bond acceptors (Lipinski definition) is 6. The van der Waals surface area contributed by atoms with Crippen LogP contribution in [0.3, 0.4) is 0 Å². The number of carbonyl (C=O) groups is 2.